The Hall–Kier alpha value is -2.33. The van der Waals surface area contributed by atoms with Crippen molar-refractivity contribution in [2.45, 2.75) is 83.5 Å². The molecule has 0 unspecified atom stereocenters. The van der Waals surface area contributed by atoms with Gasteiger partial charge in [0.1, 0.15) is 18.0 Å². The van der Waals surface area contributed by atoms with Gasteiger partial charge >= 0.3 is 5.97 Å². The number of aliphatic hydroxyl groups is 1. The van der Waals surface area contributed by atoms with Crippen molar-refractivity contribution in [3.05, 3.63) is 65.7 Å². The SMILES string of the molecule is CC(C)(C)OC(=O)C[C@](O)(CCc1cccc(OCc2ccccc2)c1)C1CCCC1. The van der Waals surface area contributed by atoms with E-state index in [9.17, 15) is 9.90 Å². The fourth-order valence-electron chi connectivity index (χ4n) is 4.42. The third kappa shape index (κ3) is 7.39. The minimum Gasteiger partial charge on any atom is -0.489 e. The van der Waals surface area contributed by atoms with E-state index in [0.29, 0.717) is 19.4 Å². The average Bonchev–Trinajstić information content (AvgIpc) is 3.26. The molecule has 2 aromatic carbocycles. The highest BCUT2D eigenvalue weighted by Gasteiger charge is 2.40. The minimum absolute atomic E-state index is 0.0547. The third-order valence-electron chi connectivity index (χ3n) is 5.98. The topological polar surface area (TPSA) is 55.8 Å². The zero-order valence-corrected chi connectivity index (χ0v) is 19.1. The maximum atomic E-state index is 12.5. The summed E-state index contributed by atoms with van der Waals surface area (Å²) in [5.74, 6) is 0.650. The Morgan fingerprint density at radius 1 is 1.00 bits per heavy atom. The van der Waals surface area contributed by atoms with Gasteiger partial charge in [-0.15, -0.1) is 0 Å². The van der Waals surface area contributed by atoms with E-state index in [1.165, 1.54) is 0 Å². The molecule has 1 saturated carbocycles. The van der Waals surface area contributed by atoms with Gasteiger partial charge in [-0.05, 0) is 75.6 Å². The number of carbonyl (C=O) groups is 1. The lowest BCUT2D eigenvalue weighted by atomic mass is 9.79. The number of carbonyl (C=O) groups excluding carboxylic acids is 1. The van der Waals surface area contributed by atoms with Crippen LogP contribution in [0, 0.1) is 5.92 Å². The molecule has 4 nitrogen and oxygen atoms in total. The zero-order valence-electron chi connectivity index (χ0n) is 19.1. The van der Waals surface area contributed by atoms with Crippen LogP contribution in [0.15, 0.2) is 54.6 Å². The van der Waals surface area contributed by atoms with Gasteiger partial charge in [-0.1, -0.05) is 55.3 Å². The third-order valence-corrected chi connectivity index (χ3v) is 5.98. The van der Waals surface area contributed by atoms with Crippen LogP contribution < -0.4 is 4.74 Å². The number of hydrogen-bond donors (Lipinski definition) is 1. The summed E-state index contributed by atoms with van der Waals surface area (Å²) in [5.41, 5.74) is 0.657. The van der Waals surface area contributed by atoms with Crippen LogP contribution in [0.4, 0.5) is 0 Å². The number of hydrogen-bond acceptors (Lipinski definition) is 4. The molecule has 0 aromatic heterocycles. The molecule has 1 atom stereocenters. The van der Waals surface area contributed by atoms with Gasteiger partial charge in [0, 0.05) is 0 Å². The van der Waals surface area contributed by atoms with Crippen molar-refractivity contribution in [3.8, 4) is 5.75 Å². The maximum Gasteiger partial charge on any atom is 0.309 e. The molecule has 0 spiro atoms. The van der Waals surface area contributed by atoms with Crippen molar-refractivity contribution >= 4 is 5.97 Å². The Morgan fingerprint density at radius 2 is 1.68 bits per heavy atom. The van der Waals surface area contributed by atoms with E-state index in [1.54, 1.807) is 0 Å². The van der Waals surface area contributed by atoms with Crippen LogP contribution in [-0.4, -0.2) is 22.3 Å². The highest BCUT2D eigenvalue weighted by molar-refractivity contribution is 5.71. The van der Waals surface area contributed by atoms with Gasteiger partial charge in [0.15, 0.2) is 0 Å². The molecule has 0 heterocycles. The lowest BCUT2D eigenvalue weighted by molar-refractivity contribution is -0.163. The molecule has 1 N–H and O–H groups in total. The van der Waals surface area contributed by atoms with Gasteiger partial charge in [0.05, 0.1) is 12.0 Å². The first-order valence-electron chi connectivity index (χ1n) is 11.4. The van der Waals surface area contributed by atoms with Gasteiger partial charge in [-0.25, -0.2) is 0 Å². The summed E-state index contributed by atoms with van der Waals surface area (Å²) in [4.78, 5) is 12.5. The van der Waals surface area contributed by atoms with E-state index in [4.69, 9.17) is 9.47 Å². The molecule has 2 aromatic rings. The van der Waals surface area contributed by atoms with Crippen LogP contribution in [0.25, 0.3) is 0 Å². The maximum absolute atomic E-state index is 12.5. The Balaban J connectivity index is 1.63. The number of benzene rings is 2. The van der Waals surface area contributed by atoms with Crippen LogP contribution >= 0.6 is 0 Å². The molecule has 1 aliphatic carbocycles. The Bertz CT molecular complexity index is 834. The molecular formula is C27H36O4. The molecule has 4 heteroatoms. The lowest BCUT2D eigenvalue weighted by Crippen LogP contribution is -2.41. The number of esters is 1. The van der Waals surface area contributed by atoms with E-state index in [2.05, 4.69) is 6.07 Å². The van der Waals surface area contributed by atoms with Crippen molar-refractivity contribution in [1.82, 2.24) is 0 Å². The molecule has 0 radical (unpaired) electrons. The summed E-state index contributed by atoms with van der Waals surface area (Å²) in [6, 6.07) is 18.1. The molecule has 31 heavy (non-hydrogen) atoms. The van der Waals surface area contributed by atoms with Crippen molar-refractivity contribution < 1.29 is 19.4 Å². The van der Waals surface area contributed by atoms with Gasteiger partial charge < -0.3 is 14.6 Å². The van der Waals surface area contributed by atoms with E-state index >= 15 is 0 Å². The highest BCUT2D eigenvalue weighted by atomic mass is 16.6. The van der Waals surface area contributed by atoms with Crippen molar-refractivity contribution in [2.75, 3.05) is 0 Å². The van der Waals surface area contributed by atoms with E-state index in [-0.39, 0.29) is 18.3 Å². The predicted molar refractivity (Wildman–Crippen MR) is 123 cm³/mol. The van der Waals surface area contributed by atoms with Crippen LogP contribution in [0.2, 0.25) is 0 Å². The Morgan fingerprint density at radius 3 is 2.35 bits per heavy atom. The average molecular weight is 425 g/mol. The fraction of sp³-hybridized carbons (Fsp3) is 0.519. The normalized spacial score (nSPS) is 16.6. The second-order valence-corrected chi connectivity index (χ2v) is 9.77. The summed E-state index contributed by atoms with van der Waals surface area (Å²) in [6.07, 6.45) is 5.46. The van der Waals surface area contributed by atoms with E-state index in [0.717, 1.165) is 42.6 Å². The first-order valence-corrected chi connectivity index (χ1v) is 11.4. The zero-order chi connectivity index (χ0) is 22.3. The quantitative estimate of drug-likeness (QED) is 0.513. The molecule has 0 saturated heterocycles. The van der Waals surface area contributed by atoms with Gasteiger partial charge in [-0.3, -0.25) is 4.79 Å². The van der Waals surface area contributed by atoms with Crippen LogP contribution in [0.3, 0.4) is 0 Å². The summed E-state index contributed by atoms with van der Waals surface area (Å²) in [5, 5.41) is 11.5. The largest absolute Gasteiger partial charge is 0.489 e. The van der Waals surface area contributed by atoms with Crippen LogP contribution in [0.1, 0.15) is 70.4 Å². The highest BCUT2D eigenvalue weighted by Crippen LogP contribution is 2.39. The molecule has 1 fully saturated rings. The lowest BCUT2D eigenvalue weighted by Gasteiger charge is -2.34. The van der Waals surface area contributed by atoms with E-state index < -0.39 is 11.2 Å². The Labute approximate surface area is 186 Å². The molecule has 0 amide bonds. The summed E-state index contributed by atoms with van der Waals surface area (Å²) < 4.78 is 11.5. The summed E-state index contributed by atoms with van der Waals surface area (Å²) in [6.45, 7) is 6.11. The fourth-order valence-corrected chi connectivity index (χ4v) is 4.42. The Kier molecular flexibility index (Phi) is 7.77. The number of ether oxygens (including phenoxy) is 2. The predicted octanol–water partition coefficient (Wildman–Crippen LogP) is 5.85. The van der Waals surface area contributed by atoms with Gasteiger partial charge in [0.25, 0.3) is 0 Å². The number of rotatable bonds is 9. The second-order valence-electron chi connectivity index (χ2n) is 9.77. The smallest absolute Gasteiger partial charge is 0.309 e. The standard InChI is InChI=1S/C27H36O4/c1-26(2,3)31-25(28)19-27(29,23-13-7-8-14-23)17-16-21-12-9-15-24(18-21)30-20-22-10-5-4-6-11-22/h4-6,9-12,15,18,23,29H,7-8,13-14,16-17,19-20H2,1-3H3/t27-/m1/s1. The monoisotopic (exact) mass is 424 g/mol. The molecule has 0 aliphatic heterocycles. The molecule has 1 aliphatic rings. The molecular weight excluding hydrogens is 388 g/mol. The summed E-state index contributed by atoms with van der Waals surface area (Å²) >= 11 is 0. The second kappa shape index (κ2) is 10.3. The first-order chi connectivity index (χ1) is 14.7. The van der Waals surface area contributed by atoms with Crippen molar-refractivity contribution in [1.29, 1.82) is 0 Å². The molecule has 168 valence electrons. The van der Waals surface area contributed by atoms with Crippen LogP contribution in [-0.2, 0) is 22.6 Å². The van der Waals surface area contributed by atoms with Crippen molar-refractivity contribution in [2.24, 2.45) is 5.92 Å². The molecule has 3 rings (SSSR count). The van der Waals surface area contributed by atoms with Crippen molar-refractivity contribution in [3.63, 3.8) is 0 Å². The summed E-state index contributed by atoms with van der Waals surface area (Å²) in [7, 11) is 0. The van der Waals surface area contributed by atoms with Gasteiger partial charge in [0.2, 0.25) is 0 Å². The van der Waals surface area contributed by atoms with Gasteiger partial charge in [-0.2, -0.15) is 0 Å². The first kappa shape index (κ1) is 23.3. The minimum atomic E-state index is -1.03. The van der Waals surface area contributed by atoms with E-state index in [1.807, 2.05) is 69.3 Å². The molecule has 0 bridgehead atoms. The number of aryl methyl sites for hydroxylation is 1. The van der Waals surface area contributed by atoms with Crippen LogP contribution in [0.5, 0.6) is 5.75 Å².